The summed E-state index contributed by atoms with van der Waals surface area (Å²) in [5.41, 5.74) is 1.56. The molecule has 0 saturated heterocycles. The van der Waals surface area contributed by atoms with Gasteiger partial charge in [-0.15, -0.1) is 0 Å². The number of carbonyl (C=O) groups is 1. The molecule has 2 aromatic rings. The molecule has 0 fully saturated rings. The summed E-state index contributed by atoms with van der Waals surface area (Å²) in [5.74, 6) is -0.833. The van der Waals surface area contributed by atoms with Crippen LogP contribution in [-0.4, -0.2) is 11.0 Å². The summed E-state index contributed by atoms with van der Waals surface area (Å²) in [6.07, 6.45) is 1.23. The quantitative estimate of drug-likeness (QED) is 0.632. The van der Waals surface area contributed by atoms with E-state index in [-0.39, 0.29) is 26.9 Å². The van der Waals surface area contributed by atoms with Crippen LogP contribution in [0.3, 0.4) is 0 Å². The highest BCUT2D eigenvalue weighted by molar-refractivity contribution is 6.36. The number of carbonyl (C=O) groups excluding carboxylic acids is 1. The molecule has 0 unspecified atom stereocenters. The van der Waals surface area contributed by atoms with Gasteiger partial charge in [-0.2, -0.15) is 5.26 Å². The number of aromatic hydroxyl groups is 1. The Bertz CT molecular complexity index is 839. The van der Waals surface area contributed by atoms with Crippen LogP contribution in [0.15, 0.2) is 42.0 Å². The minimum atomic E-state index is -0.589. The van der Waals surface area contributed by atoms with Gasteiger partial charge in [0.1, 0.15) is 17.4 Å². The molecule has 0 aliphatic carbocycles. The lowest BCUT2D eigenvalue weighted by molar-refractivity contribution is -0.112. The van der Waals surface area contributed by atoms with Crippen molar-refractivity contribution >= 4 is 40.9 Å². The molecule has 0 spiro atoms. The fraction of sp³-hybridized carbons (Fsp3) is 0.0588. The summed E-state index contributed by atoms with van der Waals surface area (Å²) in [6, 6.07) is 11.8. The zero-order valence-corrected chi connectivity index (χ0v) is 13.6. The molecule has 0 aliphatic heterocycles. The van der Waals surface area contributed by atoms with Crippen LogP contribution in [0, 0.1) is 18.3 Å². The number of phenols is 1. The van der Waals surface area contributed by atoms with Gasteiger partial charge in [0.05, 0.1) is 5.02 Å². The van der Waals surface area contributed by atoms with Gasteiger partial charge in [0.15, 0.2) is 0 Å². The normalized spacial score (nSPS) is 11.0. The molecular weight excluding hydrogens is 335 g/mol. The van der Waals surface area contributed by atoms with Crippen LogP contribution in [0.1, 0.15) is 11.1 Å². The number of rotatable bonds is 3. The van der Waals surface area contributed by atoms with Crippen molar-refractivity contribution in [3.63, 3.8) is 0 Å². The molecule has 0 aliphatic rings. The Labute approximate surface area is 143 Å². The van der Waals surface area contributed by atoms with Crippen molar-refractivity contribution in [3.8, 4) is 11.8 Å². The topological polar surface area (TPSA) is 73.1 Å². The van der Waals surface area contributed by atoms with Gasteiger partial charge >= 0.3 is 0 Å². The lowest BCUT2D eigenvalue weighted by atomic mass is 10.1. The van der Waals surface area contributed by atoms with Crippen molar-refractivity contribution < 1.29 is 9.90 Å². The van der Waals surface area contributed by atoms with Gasteiger partial charge in [0.2, 0.25) is 0 Å². The predicted molar refractivity (Wildman–Crippen MR) is 91.5 cm³/mol. The van der Waals surface area contributed by atoms with E-state index in [4.69, 9.17) is 23.2 Å². The highest BCUT2D eigenvalue weighted by atomic mass is 35.5. The number of nitriles is 1. The Morgan fingerprint density at radius 3 is 2.70 bits per heavy atom. The number of aryl methyl sites for hydroxylation is 1. The lowest BCUT2D eigenvalue weighted by Crippen LogP contribution is -2.13. The third kappa shape index (κ3) is 4.26. The SMILES string of the molecule is Cc1cccc(NC(=O)/C(C#N)=C\c2cc(Cl)cc(Cl)c2O)c1. The van der Waals surface area contributed by atoms with E-state index >= 15 is 0 Å². The molecule has 6 heteroatoms. The van der Waals surface area contributed by atoms with Gasteiger partial charge in [0.25, 0.3) is 5.91 Å². The van der Waals surface area contributed by atoms with Gasteiger partial charge in [-0.1, -0.05) is 35.3 Å². The Morgan fingerprint density at radius 1 is 1.30 bits per heavy atom. The predicted octanol–water partition coefficient (Wildman–Crippen LogP) is 4.55. The van der Waals surface area contributed by atoms with Gasteiger partial charge in [-0.3, -0.25) is 4.79 Å². The maximum Gasteiger partial charge on any atom is 0.266 e. The van der Waals surface area contributed by atoms with E-state index in [9.17, 15) is 15.2 Å². The summed E-state index contributed by atoms with van der Waals surface area (Å²) in [7, 11) is 0. The molecule has 116 valence electrons. The average molecular weight is 347 g/mol. The highest BCUT2D eigenvalue weighted by Gasteiger charge is 2.13. The molecule has 2 rings (SSSR count). The van der Waals surface area contributed by atoms with Crippen LogP contribution < -0.4 is 5.32 Å². The van der Waals surface area contributed by atoms with Crippen molar-refractivity contribution in [1.29, 1.82) is 5.26 Å². The molecule has 1 amide bonds. The summed E-state index contributed by atoms with van der Waals surface area (Å²) >= 11 is 11.7. The van der Waals surface area contributed by atoms with E-state index in [2.05, 4.69) is 5.32 Å². The standard InChI is InChI=1S/C17H12Cl2N2O2/c1-10-3-2-4-14(5-10)21-17(23)12(9-20)6-11-7-13(18)8-15(19)16(11)22/h2-8,22H,1H3,(H,21,23)/b12-6-. The summed E-state index contributed by atoms with van der Waals surface area (Å²) in [6.45, 7) is 1.89. The van der Waals surface area contributed by atoms with Crippen molar-refractivity contribution in [3.05, 3.63) is 63.1 Å². The second kappa shape index (κ2) is 7.19. The van der Waals surface area contributed by atoms with Gasteiger partial charge in [0, 0.05) is 16.3 Å². The van der Waals surface area contributed by atoms with Crippen molar-refractivity contribution in [2.45, 2.75) is 6.92 Å². The Kier molecular flexibility index (Phi) is 5.28. The minimum absolute atomic E-state index is 0.0418. The summed E-state index contributed by atoms with van der Waals surface area (Å²) in [4.78, 5) is 12.2. The fourth-order valence-electron chi connectivity index (χ4n) is 1.92. The first-order valence-electron chi connectivity index (χ1n) is 6.58. The van der Waals surface area contributed by atoms with Crippen LogP contribution in [-0.2, 0) is 4.79 Å². The van der Waals surface area contributed by atoms with E-state index in [1.807, 2.05) is 13.0 Å². The number of phenolic OH excluding ortho intramolecular Hbond substituents is 1. The first kappa shape index (κ1) is 16.9. The van der Waals surface area contributed by atoms with Crippen LogP contribution in [0.2, 0.25) is 10.0 Å². The number of anilines is 1. The van der Waals surface area contributed by atoms with Gasteiger partial charge in [-0.25, -0.2) is 0 Å². The maximum atomic E-state index is 12.2. The third-order valence-corrected chi connectivity index (χ3v) is 3.50. The zero-order valence-electron chi connectivity index (χ0n) is 12.1. The molecule has 0 atom stereocenters. The molecule has 23 heavy (non-hydrogen) atoms. The Balaban J connectivity index is 2.32. The number of benzene rings is 2. The number of nitrogens with one attached hydrogen (secondary N) is 1. The monoisotopic (exact) mass is 346 g/mol. The third-order valence-electron chi connectivity index (χ3n) is 3.00. The van der Waals surface area contributed by atoms with Crippen molar-refractivity contribution in [2.24, 2.45) is 0 Å². The van der Waals surface area contributed by atoms with Crippen LogP contribution in [0.25, 0.3) is 6.08 Å². The lowest BCUT2D eigenvalue weighted by Gasteiger charge is -2.06. The van der Waals surface area contributed by atoms with E-state index in [1.165, 1.54) is 18.2 Å². The number of halogens is 2. The molecule has 0 bridgehead atoms. The largest absolute Gasteiger partial charge is 0.506 e. The second-order valence-corrected chi connectivity index (χ2v) is 5.66. The number of nitrogens with zero attached hydrogens (tertiary/aromatic N) is 1. The molecular formula is C17H12Cl2N2O2. The van der Waals surface area contributed by atoms with Crippen LogP contribution in [0.5, 0.6) is 5.75 Å². The van der Waals surface area contributed by atoms with Crippen molar-refractivity contribution in [2.75, 3.05) is 5.32 Å². The first-order valence-corrected chi connectivity index (χ1v) is 7.34. The molecule has 0 saturated carbocycles. The van der Waals surface area contributed by atoms with Crippen LogP contribution >= 0.6 is 23.2 Å². The molecule has 2 N–H and O–H groups in total. The molecule has 0 radical (unpaired) electrons. The smallest absolute Gasteiger partial charge is 0.266 e. The Morgan fingerprint density at radius 2 is 2.04 bits per heavy atom. The van der Waals surface area contributed by atoms with Gasteiger partial charge < -0.3 is 10.4 Å². The Hall–Kier alpha value is -2.48. The fourth-order valence-corrected chi connectivity index (χ4v) is 2.43. The van der Waals surface area contributed by atoms with E-state index < -0.39 is 5.91 Å². The van der Waals surface area contributed by atoms with E-state index in [0.717, 1.165) is 5.56 Å². The average Bonchev–Trinajstić information content (AvgIpc) is 2.49. The second-order valence-electron chi connectivity index (χ2n) is 4.82. The number of hydrogen-bond donors (Lipinski definition) is 2. The number of amides is 1. The summed E-state index contributed by atoms with van der Waals surface area (Å²) in [5, 5.41) is 22.0. The van der Waals surface area contributed by atoms with Crippen LogP contribution in [0.4, 0.5) is 5.69 Å². The molecule has 4 nitrogen and oxygen atoms in total. The minimum Gasteiger partial charge on any atom is -0.506 e. The highest BCUT2D eigenvalue weighted by Crippen LogP contribution is 2.32. The zero-order chi connectivity index (χ0) is 17.0. The maximum absolute atomic E-state index is 12.2. The number of hydrogen-bond acceptors (Lipinski definition) is 3. The first-order chi connectivity index (χ1) is 10.9. The van der Waals surface area contributed by atoms with E-state index in [0.29, 0.717) is 5.69 Å². The van der Waals surface area contributed by atoms with E-state index in [1.54, 1.807) is 24.3 Å². The summed E-state index contributed by atoms with van der Waals surface area (Å²) < 4.78 is 0. The van der Waals surface area contributed by atoms with Crippen molar-refractivity contribution in [1.82, 2.24) is 0 Å². The molecule has 0 heterocycles. The van der Waals surface area contributed by atoms with Gasteiger partial charge in [-0.05, 0) is 42.8 Å². The molecule has 0 aromatic heterocycles. The molecule has 2 aromatic carbocycles.